The highest BCUT2D eigenvalue weighted by molar-refractivity contribution is 6.04. The fraction of sp³-hybridized carbons (Fsp3) is 0.250. The molecular formula is C24H27N3. The van der Waals surface area contributed by atoms with Crippen LogP contribution in [0.25, 0.3) is 0 Å². The van der Waals surface area contributed by atoms with E-state index in [1.165, 1.54) is 16.7 Å². The molecule has 0 fully saturated rings. The third-order valence-corrected chi connectivity index (χ3v) is 4.99. The van der Waals surface area contributed by atoms with Crippen LogP contribution in [0.1, 0.15) is 41.9 Å². The quantitative estimate of drug-likeness (QED) is 0.495. The van der Waals surface area contributed by atoms with E-state index in [2.05, 4.69) is 88.7 Å². The molecule has 0 atom stereocenters. The van der Waals surface area contributed by atoms with Crippen LogP contribution in [0, 0.1) is 20.8 Å². The zero-order valence-corrected chi connectivity index (χ0v) is 17.0. The number of hydrogen-bond acceptors (Lipinski definition) is 2. The molecule has 138 valence electrons. The van der Waals surface area contributed by atoms with Crippen molar-refractivity contribution in [3.63, 3.8) is 0 Å². The molecule has 0 aliphatic rings. The van der Waals surface area contributed by atoms with E-state index in [4.69, 9.17) is 9.98 Å². The van der Waals surface area contributed by atoms with E-state index in [9.17, 15) is 0 Å². The number of aryl methyl sites for hydroxylation is 3. The average Bonchev–Trinajstić information content (AvgIpc) is 3.02. The van der Waals surface area contributed by atoms with E-state index < -0.39 is 0 Å². The summed E-state index contributed by atoms with van der Waals surface area (Å²) in [5.41, 5.74) is 9.85. The van der Waals surface area contributed by atoms with Gasteiger partial charge in [-0.2, -0.15) is 0 Å². The van der Waals surface area contributed by atoms with Crippen LogP contribution in [0.15, 0.2) is 64.6 Å². The van der Waals surface area contributed by atoms with Crippen LogP contribution in [-0.4, -0.2) is 16.0 Å². The molecule has 0 unspecified atom stereocenters. The second kappa shape index (κ2) is 7.75. The molecule has 0 aliphatic heterocycles. The van der Waals surface area contributed by atoms with Crippen LogP contribution >= 0.6 is 0 Å². The lowest BCUT2D eigenvalue weighted by Crippen LogP contribution is -2.09. The van der Waals surface area contributed by atoms with Gasteiger partial charge < -0.3 is 4.57 Å². The first kappa shape index (κ1) is 18.8. The van der Waals surface area contributed by atoms with Gasteiger partial charge in [-0.25, -0.2) is 0 Å². The molecule has 0 radical (unpaired) electrons. The van der Waals surface area contributed by atoms with Crippen LogP contribution in [0.5, 0.6) is 0 Å². The first-order valence-corrected chi connectivity index (χ1v) is 9.27. The van der Waals surface area contributed by atoms with Gasteiger partial charge >= 0.3 is 0 Å². The van der Waals surface area contributed by atoms with E-state index in [1.54, 1.807) is 0 Å². The van der Waals surface area contributed by atoms with Gasteiger partial charge in [0.05, 0.1) is 34.2 Å². The zero-order valence-electron chi connectivity index (χ0n) is 17.0. The van der Waals surface area contributed by atoms with E-state index >= 15 is 0 Å². The molecule has 0 saturated carbocycles. The molecule has 0 spiro atoms. The predicted octanol–water partition coefficient (Wildman–Crippen LogP) is 6.23. The van der Waals surface area contributed by atoms with Gasteiger partial charge in [0.1, 0.15) is 0 Å². The lowest BCUT2D eigenvalue weighted by atomic mass is 10.1. The van der Waals surface area contributed by atoms with E-state index in [0.717, 1.165) is 34.2 Å². The third kappa shape index (κ3) is 3.92. The van der Waals surface area contributed by atoms with Crippen molar-refractivity contribution < 1.29 is 0 Å². The van der Waals surface area contributed by atoms with Gasteiger partial charge in [-0.05, 0) is 69.5 Å². The molecular weight excluding hydrogens is 330 g/mol. The van der Waals surface area contributed by atoms with Crippen molar-refractivity contribution in [1.82, 2.24) is 4.57 Å². The molecule has 3 heteroatoms. The normalized spacial score (nSPS) is 12.5. The summed E-state index contributed by atoms with van der Waals surface area (Å²) in [6, 6.07) is 18.7. The highest BCUT2D eigenvalue weighted by Crippen LogP contribution is 2.25. The Balaban J connectivity index is 1.98. The summed E-state index contributed by atoms with van der Waals surface area (Å²) in [7, 11) is 2.07. The lowest BCUT2D eigenvalue weighted by molar-refractivity contribution is 0.900. The van der Waals surface area contributed by atoms with Gasteiger partial charge in [-0.1, -0.05) is 36.4 Å². The van der Waals surface area contributed by atoms with E-state index in [-0.39, 0.29) is 0 Å². The van der Waals surface area contributed by atoms with Crippen molar-refractivity contribution in [2.24, 2.45) is 17.0 Å². The number of nitrogens with zero attached hydrogens (tertiary/aromatic N) is 3. The average molecular weight is 358 g/mol. The van der Waals surface area contributed by atoms with Crippen LogP contribution in [0.2, 0.25) is 0 Å². The summed E-state index contributed by atoms with van der Waals surface area (Å²) < 4.78 is 2.17. The highest BCUT2D eigenvalue weighted by atomic mass is 15.0. The van der Waals surface area contributed by atoms with Crippen LogP contribution < -0.4 is 0 Å². The maximum absolute atomic E-state index is 4.92. The zero-order chi connectivity index (χ0) is 19.6. The third-order valence-electron chi connectivity index (χ3n) is 4.99. The fourth-order valence-corrected chi connectivity index (χ4v) is 3.37. The molecule has 1 heterocycles. The maximum atomic E-state index is 4.92. The van der Waals surface area contributed by atoms with Gasteiger partial charge in [0.15, 0.2) is 0 Å². The largest absolute Gasteiger partial charge is 0.342 e. The van der Waals surface area contributed by atoms with E-state index in [1.807, 2.05) is 12.1 Å². The Hall–Kier alpha value is -2.94. The predicted molar refractivity (Wildman–Crippen MR) is 116 cm³/mol. The molecule has 3 nitrogen and oxygen atoms in total. The van der Waals surface area contributed by atoms with Gasteiger partial charge in [-0.3, -0.25) is 9.98 Å². The fourth-order valence-electron chi connectivity index (χ4n) is 3.37. The van der Waals surface area contributed by atoms with E-state index in [0.29, 0.717) is 0 Å². The molecule has 1 aromatic heterocycles. The Morgan fingerprint density at radius 2 is 1.19 bits per heavy atom. The second-order valence-electron chi connectivity index (χ2n) is 7.08. The number of aliphatic imine (C=N–C) groups is 2. The van der Waals surface area contributed by atoms with Crippen molar-refractivity contribution >= 4 is 22.8 Å². The van der Waals surface area contributed by atoms with Crippen LogP contribution in [0.3, 0.4) is 0 Å². The standard InChI is InChI=1S/C24H27N3/c1-16-10-7-8-13-21(16)25-19(4)22-14-15-23(27(22)6)20(5)26-24-17(2)11-9-12-18(24)3/h7-15H,1-6H3. The summed E-state index contributed by atoms with van der Waals surface area (Å²) in [5, 5.41) is 0. The first-order valence-electron chi connectivity index (χ1n) is 9.27. The SMILES string of the molecule is CC(=Nc1ccccc1C)c1ccc(C(C)=Nc2c(C)cccc2C)n1C. The molecule has 3 aromatic rings. The molecule has 2 aromatic carbocycles. The Bertz CT molecular complexity index is 1020. The monoisotopic (exact) mass is 357 g/mol. The number of aromatic nitrogens is 1. The van der Waals surface area contributed by atoms with Gasteiger partial charge in [0.2, 0.25) is 0 Å². The van der Waals surface area contributed by atoms with Gasteiger partial charge in [0, 0.05) is 7.05 Å². The summed E-state index contributed by atoms with van der Waals surface area (Å²) in [4.78, 5) is 9.75. The molecule has 0 bridgehead atoms. The summed E-state index contributed by atoms with van der Waals surface area (Å²) in [6.45, 7) is 10.4. The maximum Gasteiger partial charge on any atom is 0.0692 e. The smallest absolute Gasteiger partial charge is 0.0692 e. The minimum atomic E-state index is 0.998. The molecule has 0 saturated heterocycles. The van der Waals surface area contributed by atoms with Crippen molar-refractivity contribution in [1.29, 1.82) is 0 Å². The van der Waals surface area contributed by atoms with Crippen molar-refractivity contribution in [3.8, 4) is 0 Å². The molecule has 0 amide bonds. The Kier molecular flexibility index (Phi) is 5.41. The van der Waals surface area contributed by atoms with Gasteiger partial charge in [0.25, 0.3) is 0 Å². The van der Waals surface area contributed by atoms with Crippen molar-refractivity contribution in [2.75, 3.05) is 0 Å². The van der Waals surface area contributed by atoms with Gasteiger partial charge in [-0.15, -0.1) is 0 Å². The second-order valence-corrected chi connectivity index (χ2v) is 7.08. The van der Waals surface area contributed by atoms with Crippen LogP contribution in [0.4, 0.5) is 11.4 Å². The minimum absolute atomic E-state index is 0.998. The summed E-state index contributed by atoms with van der Waals surface area (Å²) >= 11 is 0. The summed E-state index contributed by atoms with van der Waals surface area (Å²) in [5.74, 6) is 0. The Labute approximate surface area is 162 Å². The molecule has 27 heavy (non-hydrogen) atoms. The topological polar surface area (TPSA) is 29.6 Å². The molecule has 0 aliphatic carbocycles. The highest BCUT2D eigenvalue weighted by Gasteiger charge is 2.11. The number of hydrogen-bond donors (Lipinski definition) is 0. The van der Waals surface area contributed by atoms with Crippen molar-refractivity contribution in [2.45, 2.75) is 34.6 Å². The molecule has 0 N–H and O–H groups in total. The number of benzene rings is 2. The lowest BCUT2D eigenvalue weighted by Gasteiger charge is -2.10. The first-order chi connectivity index (χ1) is 12.9. The van der Waals surface area contributed by atoms with Crippen LogP contribution in [-0.2, 0) is 7.05 Å². The van der Waals surface area contributed by atoms with Crippen molar-refractivity contribution in [3.05, 3.63) is 82.7 Å². The Morgan fingerprint density at radius 1 is 0.667 bits per heavy atom. The number of rotatable bonds is 4. The molecule has 3 rings (SSSR count). The summed E-state index contributed by atoms with van der Waals surface area (Å²) in [6.07, 6.45) is 0. The number of para-hydroxylation sites is 2. The Morgan fingerprint density at radius 3 is 1.78 bits per heavy atom. The minimum Gasteiger partial charge on any atom is -0.342 e.